The van der Waals surface area contributed by atoms with Crippen molar-refractivity contribution in [1.29, 1.82) is 0 Å². The maximum absolute atomic E-state index is 14.3. The summed E-state index contributed by atoms with van der Waals surface area (Å²) in [5.74, 6) is -1.65. The van der Waals surface area contributed by atoms with Gasteiger partial charge in [0.05, 0.1) is 13.3 Å². The highest BCUT2D eigenvalue weighted by atomic mass is 19.3. The van der Waals surface area contributed by atoms with Crippen LogP contribution in [-0.2, 0) is 4.79 Å². The first-order valence-electron chi connectivity index (χ1n) is 7.78. The average Bonchev–Trinajstić information content (AvgIpc) is 2.61. The Hall–Kier alpha value is -2.96. The van der Waals surface area contributed by atoms with Crippen molar-refractivity contribution in [3.8, 4) is 11.5 Å². The number of carboxylic acids is 1. The molecule has 0 atom stereocenters. The summed E-state index contributed by atoms with van der Waals surface area (Å²) in [4.78, 5) is 11.3. The highest BCUT2D eigenvalue weighted by Crippen LogP contribution is 2.31. The van der Waals surface area contributed by atoms with Crippen LogP contribution in [0, 0.1) is 0 Å². The molecule has 0 radical (unpaired) electrons. The Morgan fingerprint density at radius 1 is 1.04 bits per heavy atom. The lowest BCUT2D eigenvalue weighted by atomic mass is 10.1. The maximum atomic E-state index is 14.3. The summed E-state index contributed by atoms with van der Waals surface area (Å²) in [5, 5.41) is 9.13. The fourth-order valence-corrected chi connectivity index (χ4v) is 2.04. The third kappa shape index (κ3) is 5.54. The van der Waals surface area contributed by atoms with Crippen LogP contribution >= 0.6 is 0 Å². The van der Waals surface area contributed by atoms with Gasteiger partial charge in [0.15, 0.2) is 0 Å². The molecule has 2 aromatic rings. The molecule has 0 amide bonds. The predicted molar refractivity (Wildman–Crippen MR) is 90.2 cm³/mol. The zero-order valence-electron chi connectivity index (χ0n) is 13.7. The van der Waals surface area contributed by atoms with E-state index in [1.807, 2.05) is 0 Å². The van der Waals surface area contributed by atoms with Gasteiger partial charge in [-0.15, -0.1) is 0 Å². The normalized spacial score (nSPS) is 11.9. The van der Waals surface area contributed by atoms with Gasteiger partial charge in [-0.25, -0.2) is 4.79 Å². The zero-order valence-corrected chi connectivity index (χ0v) is 13.7. The van der Waals surface area contributed by atoms with Crippen LogP contribution in [-0.4, -0.2) is 30.5 Å². The summed E-state index contributed by atoms with van der Waals surface area (Å²) in [6.07, 6.45) is -2.96. The number of halogens is 3. The van der Waals surface area contributed by atoms with Crippen LogP contribution in [0.15, 0.2) is 60.2 Å². The van der Waals surface area contributed by atoms with Crippen molar-refractivity contribution in [3.05, 3.63) is 65.7 Å². The zero-order chi connectivity index (χ0) is 19.0. The van der Waals surface area contributed by atoms with Gasteiger partial charge in [-0.2, -0.15) is 8.78 Å². The number of aliphatic carboxylic acids is 1. The van der Waals surface area contributed by atoms with Crippen molar-refractivity contribution in [2.45, 2.75) is 12.5 Å². The Labute approximate surface area is 148 Å². The van der Waals surface area contributed by atoms with Crippen LogP contribution in [0.5, 0.6) is 11.5 Å². The van der Waals surface area contributed by atoms with Crippen molar-refractivity contribution in [1.82, 2.24) is 0 Å². The summed E-state index contributed by atoms with van der Waals surface area (Å²) in [6, 6.07) is 13.1. The second-order valence-electron chi connectivity index (χ2n) is 5.26. The van der Waals surface area contributed by atoms with Crippen molar-refractivity contribution < 1.29 is 32.5 Å². The van der Waals surface area contributed by atoms with Gasteiger partial charge in [0.1, 0.15) is 17.1 Å². The minimum atomic E-state index is -4.04. The fraction of sp³-hybridized carbons (Fsp3) is 0.211. The van der Waals surface area contributed by atoms with E-state index in [1.54, 1.807) is 18.2 Å². The lowest BCUT2D eigenvalue weighted by Gasteiger charge is -2.19. The topological polar surface area (TPSA) is 55.8 Å². The van der Waals surface area contributed by atoms with Gasteiger partial charge in [-0.3, -0.25) is 4.39 Å². The van der Waals surface area contributed by atoms with Crippen LogP contribution in [0.1, 0.15) is 12.0 Å². The Kier molecular flexibility index (Phi) is 6.66. The first-order valence-corrected chi connectivity index (χ1v) is 7.78. The molecule has 0 heterocycles. The van der Waals surface area contributed by atoms with Crippen molar-refractivity contribution in [3.63, 3.8) is 0 Å². The SMILES string of the molecule is O=C(O)/C(=C\c1ccccc1)C(F)(F)Oc1ccc(OCCCF)cc1. The summed E-state index contributed by atoms with van der Waals surface area (Å²) < 4.78 is 50.4. The molecule has 4 nitrogen and oxygen atoms in total. The number of carbonyl (C=O) groups is 1. The third-order valence-electron chi connectivity index (χ3n) is 3.27. The average molecular weight is 366 g/mol. The Morgan fingerprint density at radius 2 is 1.65 bits per heavy atom. The third-order valence-corrected chi connectivity index (χ3v) is 3.27. The largest absolute Gasteiger partial charge is 0.493 e. The van der Waals surface area contributed by atoms with Gasteiger partial charge >= 0.3 is 12.1 Å². The highest BCUT2D eigenvalue weighted by molar-refractivity contribution is 5.93. The van der Waals surface area contributed by atoms with Gasteiger partial charge in [0.25, 0.3) is 0 Å². The molecule has 0 fully saturated rings. The molecule has 0 saturated heterocycles. The van der Waals surface area contributed by atoms with Gasteiger partial charge in [-0.1, -0.05) is 30.3 Å². The Morgan fingerprint density at radius 3 is 2.23 bits per heavy atom. The molecule has 0 unspecified atom stereocenters. The van der Waals surface area contributed by atoms with E-state index in [2.05, 4.69) is 4.74 Å². The van der Waals surface area contributed by atoms with Crippen molar-refractivity contribution >= 4 is 12.0 Å². The van der Waals surface area contributed by atoms with Gasteiger partial charge in [-0.05, 0) is 35.9 Å². The lowest BCUT2D eigenvalue weighted by molar-refractivity contribution is -0.160. The van der Waals surface area contributed by atoms with Crippen LogP contribution in [0.25, 0.3) is 6.08 Å². The standard InChI is InChI=1S/C19H17F3O4/c20-11-4-12-25-15-7-9-16(10-8-15)26-19(21,22)17(18(23)24)13-14-5-2-1-3-6-14/h1-3,5-10,13H,4,11-12H2,(H,23,24)/b17-13+. The predicted octanol–water partition coefficient (Wildman–Crippen LogP) is 4.56. The van der Waals surface area contributed by atoms with E-state index in [-0.39, 0.29) is 18.8 Å². The molecule has 0 saturated carbocycles. The molecule has 0 aliphatic rings. The van der Waals surface area contributed by atoms with E-state index in [0.29, 0.717) is 11.3 Å². The second kappa shape index (κ2) is 8.94. The van der Waals surface area contributed by atoms with E-state index < -0.39 is 24.3 Å². The quantitative estimate of drug-likeness (QED) is 0.522. The monoisotopic (exact) mass is 366 g/mol. The Balaban J connectivity index is 2.14. The molecule has 0 aliphatic carbocycles. The molecule has 0 aliphatic heterocycles. The molecular formula is C19H17F3O4. The smallest absolute Gasteiger partial charge is 0.433 e. The van der Waals surface area contributed by atoms with Crippen LogP contribution in [0.4, 0.5) is 13.2 Å². The van der Waals surface area contributed by atoms with Crippen molar-refractivity contribution in [2.75, 3.05) is 13.3 Å². The maximum Gasteiger partial charge on any atom is 0.433 e. The molecule has 2 rings (SSSR count). The summed E-state index contributed by atoms with van der Waals surface area (Å²) in [6.45, 7) is -0.352. The summed E-state index contributed by atoms with van der Waals surface area (Å²) >= 11 is 0. The number of alkyl halides is 3. The van der Waals surface area contributed by atoms with E-state index in [4.69, 9.17) is 9.84 Å². The molecule has 138 valence electrons. The molecule has 7 heteroatoms. The van der Waals surface area contributed by atoms with Gasteiger partial charge < -0.3 is 14.6 Å². The minimum absolute atomic E-state index is 0.163. The lowest BCUT2D eigenvalue weighted by Crippen LogP contribution is -2.31. The van der Waals surface area contributed by atoms with Crippen LogP contribution < -0.4 is 9.47 Å². The van der Waals surface area contributed by atoms with E-state index >= 15 is 0 Å². The fourth-order valence-electron chi connectivity index (χ4n) is 2.04. The molecule has 0 spiro atoms. The molecule has 26 heavy (non-hydrogen) atoms. The number of hydrogen-bond donors (Lipinski definition) is 1. The van der Waals surface area contributed by atoms with Gasteiger partial charge in [0, 0.05) is 6.42 Å². The van der Waals surface area contributed by atoms with Gasteiger partial charge in [0.2, 0.25) is 0 Å². The molecular weight excluding hydrogens is 349 g/mol. The Bertz CT molecular complexity index is 743. The minimum Gasteiger partial charge on any atom is -0.493 e. The molecule has 2 aromatic carbocycles. The first-order chi connectivity index (χ1) is 12.4. The van der Waals surface area contributed by atoms with Crippen LogP contribution in [0.3, 0.4) is 0 Å². The number of rotatable bonds is 9. The van der Waals surface area contributed by atoms with E-state index in [9.17, 15) is 18.0 Å². The molecule has 0 bridgehead atoms. The van der Waals surface area contributed by atoms with Crippen LogP contribution in [0.2, 0.25) is 0 Å². The summed E-state index contributed by atoms with van der Waals surface area (Å²) in [7, 11) is 0. The highest BCUT2D eigenvalue weighted by Gasteiger charge is 2.42. The second-order valence-corrected chi connectivity index (χ2v) is 5.26. The number of hydrogen-bond acceptors (Lipinski definition) is 3. The van der Waals surface area contributed by atoms with E-state index in [1.165, 1.54) is 36.4 Å². The van der Waals surface area contributed by atoms with Crippen molar-refractivity contribution in [2.24, 2.45) is 0 Å². The van der Waals surface area contributed by atoms with E-state index in [0.717, 1.165) is 6.08 Å². The molecule has 1 N–H and O–H groups in total. The number of ether oxygens (including phenoxy) is 2. The number of benzene rings is 2. The summed E-state index contributed by atoms with van der Waals surface area (Å²) in [5.41, 5.74) is -0.878. The molecule has 0 aromatic heterocycles. The number of carboxylic acid groups (broad SMARTS) is 1. The first kappa shape index (κ1) is 19.4.